The number of nitrogens with zero attached hydrogens (tertiary/aromatic N) is 2. The highest BCUT2D eigenvalue weighted by Crippen LogP contribution is 2.10. The minimum Gasteiger partial charge on any atom is -0.363 e. The fourth-order valence-corrected chi connectivity index (χ4v) is 2.07. The van der Waals surface area contributed by atoms with Gasteiger partial charge in [-0.3, -0.25) is 9.59 Å². The number of rotatable bonds is 7. The molecule has 1 heterocycles. The molecule has 1 aromatic heterocycles. The van der Waals surface area contributed by atoms with E-state index in [-0.39, 0.29) is 24.2 Å². The third-order valence-electron chi connectivity index (χ3n) is 3.39. The van der Waals surface area contributed by atoms with Gasteiger partial charge in [-0.2, -0.15) is 0 Å². The summed E-state index contributed by atoms with van der Waals surface area (Å²) in [7, 11) is 0. The summed E-state index contributed by atoms with van der Waals surface area (Å²) in [5.74, 6) is -0.428. The molecule has 128 valence electrons. The lowest BCUT2D eigenvalue weighted by atomic mass is 10.1. The van der Waals surface area contributed by atoms with E-state index in [2.05, 4.69) is 15.0 Å². The molecule has 0 radical (unpaired) electrons. The van der Waals surface area contributed by atoms with Gasteiger partial charge in [0.1, 0.15) is 18.6 Å². The number of nitrogens with one attached hydrogen (secondary N) is 1. The Morgan fingerprint density at radius 3 is 2.54 bits per heavy atom. The standard InChI is InChI=1S/C17H20FN3O3/c1-12(2)7-9-21(11-16(22)19-15-8-10-24-20-15)17(23)13-3-5-14(18)6-4-13/h3-6,8,10,12H,7,9,11H2,1-2H3,(H,19,20,22). The number of benzene rings is 1. The maximum atomic E-state index is 13.0. The van der Waals surface area contributed by atoms with Crippen LogP contribution in [0.25, 0.3) is 0 Å². The zero-order valence-corrected chi connectivity index (χ0v) is 13.7. The second kappa shape index (κ2) is 8.24. The summed E-state index contributed by atoms with van der Waals surface area (Å²) in [5.41, 5.74) is 0.342. The van der Waals surface area contributed by atoms with Gasteiger partial charge in [0.25, 0.3) is 5.91 Å². The van der Waals surface area contributed by atoms with Gasteiger partial charge in [-0.25, -0.2) is 4.39 Å². The van der Waals surface area contributed by atoms with Crippen LogP contribution in [0, 0.1) is 11.7 Å². The zero-order chi connectivity index (χ0) is 17.5. The van der Waals surface area contributed by atoms with Crippen LogP contribution in [-0.4, -0.2) is 35.0 Å². The first-order valence-corrected chi connectivity index (χ1v) is 7.71. The molecule has 0 aliphatic carbocycles. The van der Waals surface area contributed by atoms with Crippen molar-refractivity contribution in [3.8, 4) is 0 Å². The largest absolute Gasteiger partial charge is 0.363 e. The molecule has 0 bridgehead atoms. The van der Waals surface area contributed by atoms with Crippen LogP contribution < -0.4 is 5.32 Å². The molecule has 6 nitrogen and oxygen atoms in total. The van der Waals surface area contributed by atoms with E-state index in [4.69, 9.17) is 0 Å². The van der Waals surface area contributed by atoms with Crippen LogP contribution in [0.4, 0.5) is 10.2 Å². The third-order valence-corrected chi connectivity index (χ3v) is 3.39. The van der Waals surface area contributed by atoms with Crippen LogP contribution in [0.1, 0.15) is 30.6 Å². The first-order valence-electron chi connectivity index (χ1n) is 7.71. The highest BCUT2D eigenvalue weighted by atomic mass is 19.1. The summed E-state index contributed by atoms with van der Waals surface area (Å²) in [6.45, 7) is 4.39. The average Bonchev–Trinajstić information content (AvgIpc) is 3.04. The number of aromatic nitrogens is 1. The van der Waals surface area contributed by atoms with E-state index in [0.717, 1.165) is 6.42 Å². The van der Waals surface area contributed by atoms with Gasteiger partial charge in [0.15, 0.2) is 5.82 Å². The number of amides is 2. The summed E-state index contributed by atoms with van der Waals surface area (Å²) in [4.78, 5) is 26.2. The van der Waals surface area contributed by atoms with E-state index in [0.29, 0.717) is 18.0 Å². The normalized spacial score (nSPS) is 10.7. The monoisotopic (exact) mass is 333 g/mol. The van der Waals surface area contributed by atoms with Crippen molar-refractivity contribution in [3.63, 3.8) is 0 Å². The van der Waals surface area contributed by atoms with Crippen LogP contribution in [0.2, 0.25) is 0 Å². The Bertz CT molecular complexity index is 669. The number of carbonyl (C=O) groups is 2. The molecule has 0 fully saturated rings. The number of anilines is 1. The van der Waals surface area contributed by atoms with Crippen LogP contribution >= 0.6 is 0 Å². The van der Waals surface area contributed by atoms with E-state index in [1.807, 2.05) is 13.8 Å². The molecule has 7 heteroatoms. The van der Waals surface area contributed by atoms with Crippen molar-refractivity contribution in [2.24, 2.45) is 5.92 Å². The molecule has 24 heavy (non-hydrogen) atoms. The molecule has 2 amide bonds. The second-order valence-electron chi connectivity index (χ2n) is 5.85. The fourth-order valence-electron chi connectivity index (χ4n) is 2.07. The molecular weight excluding hydrogens is 313 g/mol. The van der Waals surface area contributed by atoms with Gasteiger partial charge in [0.05, 0.1) is 0 Å². The predicted octanol–water partition coefficient (Wildman–Crippen LogP) is 2.94. The van der Waals surface area contributed by atoms with E-state index < -0.39 is 5.82 Å². The minimum atomic E-state index is -0.413. The summed E-state index contributed by atoms with van der Waals surface area (Å²) in [6.07, 6.45) is 2.10. The lowest BCUT2D eigenvalue weighted by Gasteiger charge is -2.23. The maximum Gasteiger partial charge on any atom is 0.254 e. The van der Waals surface area contributed by atoms with E-state index in [1.54, 1.807) is 0 Å². The van der Waals surface area contributed by atoms with Crippen molar-refractivity contribution in [2.45, 2.75) is 20.3 Å². The second-order valence-corrected chi connectivity index (χ2v) is 5.85. The molecule has 0 aliphatic rings. The Kier molecular flexibility index (Phi) is 6.06. The zero-order valence-electron chi connectivity index (χ0n) is 13.7. The number of carbonyl (C=O) groups excluding carboxylic acids is 2. The SMILES string of the molecule is CC(C)CCN(CC(=O)Nc1ccon1)C(=O)c1ccc(F)cc1. The first-order chi connectivity index (χ1) is 11.5. The van der Waals surface area contributed by atoms with Crippen molar-refractivity contribution in [1.82, 2.24) is 10.1 Å². The fraction of sp³-hybridized carbons (Fsp3) is 0.353. The van der Waals surface area contributed by atoms with Gasteiger partial charge in [0, 0.05) is 18.2 Å². The van der Waals surface area contributed by atoms with Crippen LogP contribution in [0.15, 0.2) is 41.1 Å². The van der Waals surface area contributed by atoms with Gasteiger partial charge >= 0.3 is 0 Å². The van der Waals surface area contributed by atoms with E-state index in [1.165, 1.54) is 41.5 Å². The smallest absolute Gasteiger partial charge is 0.254 e. The topological polar surface area (TPSA) is 75.4 Å². The third kappa shape index (κ3) is 5.19. The Morgan fingerprint density at radius 1 is 1.25 bits per heavy atom. The Balaban J connectivity index is 2.06. The summed E-state index contributed by atoms with van der Waals surface area (Å²) in [5, 5.41) is 6.16. The van der Waals surface area contributed by atoms with Crippen molar-refractivity contribution >= 4 is 17.6 Å². The molecule has 0 saturated heterocycles. The molecule has 0 spiro atoms. The summed E-state index contributed by atoms with van der Waals surface area (Å²) < 4.78 is 17.7. The summed E-state index contributed by atoms with van der Waals surface area (Å²) in [6, 6.07) is 6.79. The van der Waals surface area contributed by atoms with Gasteiger partial charge in [-0.05, 0) is 36.6 Å². The Labute approximate surface area is 139 Å². The van der Waals surface area contributed by atoms with Crippen molar-refractivity contribution in [2.75, 3.05) is 18.4 Å². The van der Waals surface area contributed by atoms with Crippen molar-refractivity contribution in [1.29, 1.82) is 0 Å². The summed E-state index contributed by atoms with van der Waals surface area (Å²) >= 11 is 0. The minimum absolute atomic E-state index is 0.115. The highest BCUT2D eigenvalue weighted by Gasteiger charge is 2.19. The lowest BCUT2D eigenvalue weighted by Crippen LogP contribution is -2.39. The molecule has 0 unspecified atom stereocenters. The van der Waals surface area contributed by atoms with E-state index >= 15 is 0 Å². The Morgan fingerprint density at radius 2 is 1.96 bits per heavy atom. The molecule has 1 aromatic carbocycles. The quantitative estimate of drug-likeness (QED) is 0.845. The van der Waals surface area contributed by atoms with E-state index in [9.17, 15) is 14.0 Å². The van der Waals surface area contributed by atoms with Gasteiger partial charge < -0.3 is 14.7 Å². The van der Waals surface area contributed by atoms with Crippen molar-refractivity contribution < 1.29 is 18.5 Å². The highest BCUT2D eigenvalue weighted by molar-refractivity contribution is 5.99. The van der Waals surface area contributed by atoms with Crippen LogP contribution in [0.3, 0.4) is 0 Å². The first kappa shape index (κ1) is 17.7. The van der Waals surface area contributed by atoms with Crippen molar-refractivity contribution in [3.05, 3.63) is 48.0 Å². The van der Waals surface area contributed by atoms with Gasteiger partial charge in [0.2, 0.25) is 5.91 Å². The molecule has 1 N–H and O–H groups in total. The molecule has 0 atom stereocenters. The molecule has 0 saturated carbocycles. The number of hydrogen-bond donors (Lipinski definition) is 1. The van der Waals surface area contributed by atoms with Gasteiger partial charge in [-0.15, -0.1) is 0 Å². The molecular formula is C17H20FN3O3. The average molecular weight is 333 g/mol. The number of halogens is 1. The Hall–Kier alpha value is -2.70. The lowest BCUT2D eigenvalue weighted by molar-refractivity contribution is -0.117. The molecule has 0 aliphatic heterocycles. The predicted molar refractivity (Wildman–Crippen MR) is 86.9 cm³/mol. The van der Waals surface area contributed by atoms with Crippen LogP contribution in [-0.2, 0) is 4.79 Å². The maximum absolute atomic E-state index is 13.0. The molecule has 2 aromatic rings. The van der Waals surface area contributed by atoms with Gasteiger partial charge in [-0.1, -0.05) is 19.0 Å². The number of hydrogen-bond acceptors (Lipinski definition) is 4. The van der Waals surface area contributed by atoms with Crippen LogP contribution in [0.5, 0.6) is 0 Å². The molecule has 2 rings (SSSR count).